The van der Waals surface area contributed by atoms with Gasteiger partial charge in [0.05, 0.1) is 12.2 Å². The second-order valence-corrected chi connectivity index (χ2v) is 5.26. The van der Waals surface area contributed by atoms with Gasteiger partial charge in [-0.15, -0.1) is 0 Å². The maximum Gasteiger partial charge on any atom is 0.0700 e. The summed E-state index contributed by atoms with van der Waals surface area (Å²) in [6, 6.07) is 0. The van der Waals surface area contributed by atoms with Gasteiger partial charge in [-0.1, -0.05) is 20.8 Å². The van der Waals surface area contributed by atoms with Crippen molar-refractivity contribution in [2.45, 2.75) is 58.7 Å². The van der Waals surface area contributed by atoms with Crippen molar-refractivity contribution in [1.82, 2.24) is 5.32 Å². The summed E-state index contributed by atoms with van der Waals surface area (Å²) in [4.78, 5) is 0. The lowest BCUT2D eigenvalue weighted by molar-refractivity contribution is -0.0484. The summed E-state index contributed by atoms with van der Waals surface area (Å²) in [5.41, 5.74) is 0. The molecule has 0 amide bonds. The van der Waals surface area contributed by atoms with Crippen molar-refractivity contribution in [3.63, 3.8) is 0 Å². The molecule has 1 rings (SSSR count). The molecule has 0 aromatic carbocycles. The topological polar surface area (TPSA) is 21.3 Å². The van der Waals surface area contributed by atoms with E-state index in [2.05, 4.69) is 26.1 Å². The van der Waals surface area contributed by atoms with Gasteiger partial charge in [-0.05, 0) is 44.6 Å². The number of nitrogens with one attached hydrogen (secondary N) is 1. The van der Waals surface area contributed by atoms with Gasteiger partial charge < -0.3 is 10.1 Å². The normalized spacial score (nSPS) is 34.0. The van der Waals surface area contributed by atoms with Gasteiger partial charge in [-0.2, -0.15) is 0 Å². The lowest BCUT2D eigenvalue weighted by atomic mass is 9.81. The highest BCUT2D eigenvalue weighted by atomic mass is 16.5. The Morgan fingerprint density at radius 1 is 1.20 bits per heavy atom. The van der Waals surface area contributed by atoms with Crippen LogP contribution in [0.1, 0.15) is 46.5 Å². The van der Waals surface area contributed by atoms with E-state index in [0.717, 1.165) is 24.8 Å². The van der Waals surface area contributed by atoms with Crippen molar-refractivity contribution in [3.8, 4) is 0 Å². The molecule has 1 aliphatic carbocycles. The van der Waals surface area contributed by atoms with Crippen molar-refractivity contribution in [3.05, 3.63) is 0 Å². The van der Waals surface area contributed by atoms with Crippen LogP contribution in [0, 0.1) is 11.8 Å². The van der Waals surface area contributed by atoms with Crippen molar-refractivity contribution in [1.29, 1.82) is 0 Å². The van der Waals surface area contributed by atoms with Crippen LogP contribution in [-0.4, -0.2) is 25.8 Å². The fourth-order valence-corrected chi connectivity index (χ4v) is 2.77. The van der Waals surface area contributed by atoms with Crippen LogP contribution >= 0.6 is 0 Å². The molecule has 1 saturated carbocycles. The summed E-state index contributed by atoms with van der Waals surface area (Å²) in [5, 5.41) is 3.21. The van der Waals surface area contributed by atoms with E-state index in [1.54, 1.807) is 0 Å². The number of hydrogen-bond acceptors (Lipinski definition) is 2. The van der Waals surface area contributed by atoms with Crippen LogP contribution < -0.4 is 5.32 Å². The van der Waals surface area contributed by atoms with Gasteiger partial charge in [0.2, 0.25) is 0 Å². The first kappa shape index (κ1) is 13.0. The summed E-state index contributed by atoms with van der Waals surface area (Å²) in [6.45, 7) is 7.89. The summed E-state index contributed by atoms with van der Waals surface area (Å²) < 4.78 is 6.16. The molecule has 3 atom stereocenters. The fraction of sp³-hybridized carbons (Fsp3) is 1.00. The van der Waals surface area contributed by atoms with E-state index in [0.29, 0.717) is 12.2 Å². The van der Waals surface area contributed by atoms with Crippen molar-refractivity contribution in [2.24, 2.45) is 11.8 Å². The zero-order valence-electron chi connectivity index (χ0n) is 10.8. The van der Waals surface area contributed by atoms with E-state index in [-0.39, 0.29) is 0 Å². The average molecular weight is 213 g/mol. The van der Waals surface area contributed by atoms with Gasteiger partial charge in [0.25, 0.3) is 0 Å². The van der Waals surface area contributed by atoms with E-state index >= 15 is 0 Å². The second kappa shape index (κ2) is 6.49. The molecule has 0 saturated heterocycles. The molecular weight excluding hydrogens is 186 g/mol. The van der Waals surface area contributed by atoms with Crippen LogP contribution in [0.4, 0.5) is 0 Å². The second-order valence-electron chi connectivity index (χ2n) is 5.26. The summed E-state index contributed by atoms with van der Waals surface area (Å²) in [7, 11) is 2.00. The minimum Gasteiger partial charge on any atom is -0.374 e. The van der Waals surface area contributed by atoms with Crippen LogP contribution in [0.3, 0.4) is 0 Å². The first-order chi connectivity index (χ1) is 7.15. The monoisotopic (exact) mass is 213 g/mol. The van der Waals surface area contributed by atoms with E-state index in [9.17, 15) is 0 Å². The van der Waals surface area contributed by atoms with Gasteiger partial charge in [0.15, 0.2) is 0 Å². The van der Waals surface area contributed by atoms with Crippen LogP contribution in [0.25, 0.3) is 0 Å². The number of rotatable bonds is 5. The standard InChI is InChI=1S/C13H27NO/c1-5-12(9-14-4)15-13-7-10(2)6-11(3)8-13/h10-14H,5-9H2,1-4H3. The average Bonchev–Trinajstić information content (AvgIpc) is 2.15. The largest absolute Gasteiger partial charge is 0.374 e. The molecule has 15 heavy (non-hydrogen) atoms. The van der Waals surface area contributed by atoms with Gasteiger partial charge in [-0.25, -0.2) is 0 Å². The number of ether oxygens (including phenoxy) is 1. The Labute approximate surface area is 94.8 Å². The Hall–Kier alpha value is -0.0800. The highest BCUT2D eigenvalue weighted by Crippen LogP contribution is 2.31. The highest BCUT2D eigenvalue weighted by molar-refractivity contribution is 4.76. The van der Waals surface area contributed by atoms with Crippen molar-refractivity contribution >= 4 is 0 Å². The summed E-state index contributed by atoms with van der Waals surface area (Å²) >= 11 is 0. The van der Waals surface area contributed by atoms with Crippen molar-refractivity contribution in [2.75, 3.05) is 13.6 Å². The quantitative estimate of drug-likeness (QED) is 0.758. The third-order valence-corrected chi connectivity index (χ3v) is 3.41. The van der Waals surface area contributed by atoms with Gasteiger partial charge in [0.1, 0.15) is 0 Å². The lowest BCUT2D eigenvalue weighted by Gasteiger charge is -2.33. The molecule has 0 aliphatic heterocycles. The van der Waals surface area contributed by atoms with E-state index < -0.39 is 0 Å². The summed E-state index contributed by atoms with van der Waals surface area (Å²) in [6.07, 6.45) is 5.90. The van der Waals surface area contributed by atoms with Crippen molar-refractivity contribution < 1.29 is 4.74 Å². The van der Waals surface area contributed by atoms with Crippen LogP contribution in [0.15, 0.2) is 0 Å². The molecule has 0 bridgehead atoms. The highest BCUT2D eigenvalue weighted by Gasteiger charge is 2.26. The molecule has 90 valence electrons. The molecule has 1 fully saturated rings. The number of hydrogen-bond donors (Lipinski definition) is 1. The smallest absolute Gasteiger partial charge is 0.0700 e. The molecule has 3 unspecified atom stereocenters. The molecule has 1 N–H and O–H groups in total. The van der Waals surface area contributed by atoms with Crippen LogP contribution in [0.5, 0.6) is 0 Å². The predicted octanol–water partition coefficient (Wildman–Crippen LogP) is 2.83. The Balaban J connectivity index is 2.35. The molecule has 0 radical (unpaired) electrons. The predicted molar refractivity (Wildman–Crippen MR) is 65.1 cm³/mol. The van der Waals surface area contributed by atoms with E-state index in [1.807, 2.05) is 7.05 Å². The van der Waals surface area contributed by atoms with E-state index in [1.165, 1.54) is 19.3 Å². The Kier molecular flexibility index (Phi) is 5.62. The van der Waals surface area contributed by atoms with Gasteiger partial charge >= 0.3 is 0 Å². The zero-order valence-corrected chi connectivity index (χ0v) is 10.8. The Morgan fingerprint density at radius 2 is 1.80 bits per heavy atom. The molecule has 1 aliphatic rings. The first-order valence-electron chi connectivity index (χ1n) is 6.45. The minimum absolute atomic E-state index is 0.400. The summed E-state index contributed by atoms with van der Waals surface area (Å²) in [5.74, 6) is 1.68. The Bertz CT molecular complexity index is 162. The van der Waals surface area contributed by atoms with Crippen LogP contribution in [0.2, 0.25) is 0 Å². The third kappa shape index (κ3) is 4.52. The minimum atomic E-state index is 0.400. The van der Waals surface area contributed by atoms with Gasteiger partial charge in [-0.3, -0.25) is 0 Å². The fourth-order valence-electron chi connectivity index (χ4n) is 2.77. The lowest BCUT2D eigenvalue weighted by Crippen LogP contribution is -2.34. The molecule has 2 nitrogen and oxygen atoms in total. The third-order valence-electron chi connectivity index (χ3n) is 3.41. The van der Waals surface area contributed by atoms with Gasteiger partial charge in [0, 0.05) is 6.54 Å². The molecule has 0 aromatic rings. The molecule has 0 spiro atoms. The SMILES string of the molecule is CCC(CNC)OC1CC(C)CC(C)C1. The Morgan fingerprint density at radius 3 is 2.27 bits per heavy atom. The maximum absolute atomic E-state index is 6.16. The molecule has 2 heteroatoms. The zero-order chi connectivity index (χ0) is 11.3. The molecular formula is C13H27NO. The van der Waals surface area contributed by atoms with E-state index in [4.69, 9.17) is 4.74 Å². The maximum atomic E-state index is 6.16. The van der Waals surface area contributed by atoms with Crippen LogP contribution in [-0.2, 0) is 4.74 Å². The number of likely N-dealkylation sites (N-methyl/N-ethyl adjacent to an activating group) is 1. The molecule has 0 aromatic heterocycles. The first-order valence-corrected chi connectivity index (χ1v) is 6.45. The molecule has 0 heterocycles.